The van der Waals surface area contributed by atoms with Crippen LogP contribution in [-0.2, 0) is 0 Å². The zero-order chi connectivity index (χ0) is 14.5. The van der Waals surface area contributed by atoms with Crippen molar-refractivity contribution in [1.82, 2.24) is 0 Å². The number of carbonyl (C=O) groups excluding carboxylic acids is 1. The van der Waals surface area contributed by atoms with Crippen molar-refractivity contribution in [3.05, 3.63) is 63.1 Å². The van der Waals surface area contributed by atoms with Gasteiger partial charge in [0.15, 0.2) is 5.78 Å². The van der Waals surface area contributed by atoms with Gasteiger partial charge < -0.3 is 4.74 Å². The second kappa shape index (κ2) is 6.91. The Bertz CT molecular complexity index is 608. The Morgan fingerprint density at radius 2 is 1.80 bits per heavy atom. The van der Waals surface area contributed by atoms with Crippen LogP contribution in [-0.4, -0.2) is 12.4 Å². The topological polar surface area (TPSA) is 26.3 Å². The molecule has 0 saturated carbocycles. The van der Waals surface area contributed by atoms with Gasteiger partial charge in [0.1, 0.15) is 5.75 Å². The Morgan fingerprint density at radius 3 is 2.40 bits per heavy atom. The lowest BCUT2D eigenvalue weighted by molar-refractivity contribution is 0.103. The molecule has 0 heterocycles. The third kappa shape index (κ3) is 3.62. The summed E-state index contributed by atoms with van der Waals surface area (Å²) < 4.78 is 6.27. The van der Waals surface area contributed by atoms with Crippen LogP contribution in [0, 0.1) is 0 Å². The van der Waals surface area contributed by atoms with Crippen molar-refractivity contribution in [2.75, 3.05) is 6.61 Å². The van der Waals surface area contributed by atoms with Crippen LogP contribution in [0.1, 0.15) is 29.3 Å². The summed E-state index contributed by atoms with van der Waals surface area (Å²) in [4.78, 5) is 12.3. The highest BCUT2D eigenvalue weighted by molar-refractivity contribution is 9.10. The van der Waals surface area contributed by atoms with Crippen molar-refractivity contribution in [3.8, 4) is 5.75 Å². The molecular weight excluding hydrogens is 340 g/mol. The van der Waals surface area contributed by atoms with Crippen LogP contribution >= 0.6 is 27.5 Å². The molecule has 0 bridgehead atoms. The van der Waals surface area contributed by atoms with Gasteiger partial charge in [-0.2, -0.15) is 0 Å². The number of halogens is 2. The monoisotopic (exact) mass is 352 g/mol. The van der Waals surface area contributed by atoms with Crippen LogP contribution in [0.4, 0.5) is 0 Å². The maximum Gasteiger partial charge on any atom is 0.193 e. The van der Waals surface area contributed by atoms with Gasteiger partial charge in [-0.1, -0.05) is 18.5 Å². The molecule has 0 spiro atoms. The van der Waals surface area contributed by atoms with E-state index in [1.807, 2.05) is 12.1 Å². The molecule has 4 heteroatoms. The molecule has 2 rings (SSSR count). The molecule has 104 valence electrons. The van der Waals surface area contributed by atoms with Gasteiger partial charge in [0, 0.05) is 15.6 Å². The Balaban J connectivity index is 2.18. The number of carbonyl (C=O) groups is 1. The minimum absolute atomic E-state index is 0.0542. The van der Waals surface area contributed by atoms with E-state index in [1.54, 1.807) is 30.3 Å². The predicted molar refractivity (Wildman–Crippen MR) is 84.8 cm³/mol. The van der Waals surface area contributed by atoms with Crippen LogP contribution in [0.15, 0.2) is 46.9 Å². The van der Waals surface area contributed by atoms with E-state index in [9.17, 15) is 4.79 Å². The Labute approximate surface area is 131 Å². The van der Waals surface area contributed by atoms with Gasteiger partial charge in [-0.05, 0) is 64.8 Å². The van der Waals surface area contributed by atoms with E-state index in [-0.39, 0.29) is 5.78 Å². The summed E-state index contributed by atoms with van der Waals surface area (Å²) in [6, 6.07) is 12.3. The fraction of sp³-hybridized carbons (Fsp3) is 0.188. The zero-order valence-electron chi connectivity index (χ0n) is 11.0. The summed E-state index contributed by atoms with van der Waals surface area (Å²) in [5.74, 6) is 0.721. The van der Waals surface area contributed by atoms with E-state index in [1.165, 1.54) is 0 Å². The van der Waals surface area contributed by atoms with Crippen LogP contribution < -0.4 is 4.74 Å². The molecule has 0 unspecified atom stereocenters. The highest BCUT2D eigenvalue weighted by Gasteiger charge is 2.10. The van der Waals surface area contributed by atoms with Crippen LogP contribution in [0.2, 0.25) is 5.02 Å². The van der Waals surface area contributed by atoms with E-state index >= 15 is 0 Å². The molecule has 0 radical (unpaired) electrons. The summed E-state index contributed by atoms with van der Waals surface area (Å²) in [6.07, 6.45) is 0.956. The predicted octanol–water partition coefficient (Wildman–Crippen LogP) is 5.12. The summed E-state index contributed by atoms with van der Waals surface area (Å²) in [7, 11) is 0. The van der Waals surface area contributed by atoms with Gasteiger partial charge in [-0.3, -0.25) is 4.79 Å². The maximum atomic E-state index is 12.3. The van der Waals surface area contributed by atoms with Gasteiger partial charge in [0.2, 0.25) is 0 Å². The van der Waals surface area contributed by atoms with E-state index in [0.717, 1.165) is 16.6 Å². The molecule has 0 atom stereocenters. The molecule has 2 aromatic rings. The molecule has 0 aliphatic carbocycles. The van der Waals surface area contributed by atoms with Crippen molar-refractivity contribution in [2.45, 2.75) is 13.3 Å². The number of hydrogen-bond acceptors (Lipinski definition) is 2. The minimum atomic E-state index is -0.0542. The first-order valence-electron chi connectivity index (χ1n) is 6.34. The lowest BCUT2D eigenvalue weighted by Crippen LogP contribution is -2.01. The van der Waals surface area contributed by atoms with Crippen molar-refractivity contribution in [2.24, 2.45) is 0 Å². The molecule has 2 nitrogen and oxygen atoms in total. The number of benzene rings is 2. The van der Waals surface area contributed by atoms with Gasteiger partial charge in [-0.15, -0.1) is 0 Å². The summed E-state index contributed by atoms with van der Waals surface area (Å²) in [5.41, 5.74) is 1.19. The number of hydrogen-bond donors (Lipinski definition) is 0. The molecule has 0 amide bonds. The molecule has 20 heavy (non-hydrogen) atoms. The molecule has 0 aliphatic heterocycles. The average molecular weight is 354 g/mol. The normalized spacial score (nSPS) is 10.3. The van der Waals surface area contributed by atoms with Gasteiger partial charge in [0.25, 0.3) is 0 Å². The fourth-order valence-corrected chi connectivity index (χ4v) is 2.15. The van der Waals surface area contributed by atoms with Crippen molar-refractivity contribution in [1.29, 1.82) is 0 Å². The summed E-state index contributed by atoms with van der Waals surface area (Å²) >= 11 is 9.32. The number of ether oxygens (including phenoxy) is 1. The van der Waals surface area contributed by atoms with Gasteiger partial charge >= 0.3 is 0 Å². The molecule has 0 aliphatic rings. The van der Waals surface area contributed by atoms with Crippen molar-refractivity contribution < 1.29 is 9.53 Å². The van der Waals surface area contributed by atoms with Crippen LogP contribution in [0.25, 0.3) is 0 Å². The highest BCUT2D eigenvalue weighted by atomic mass is 79.9. The summed E-state index contributed by atoms with van der Waals surface area (Å²) in [6.45, 7) is 2.73. The molecule has 0 fully saturated rings. The largest absolute Gasteiger partial charge is 0.494 e. The second-order valence-corrected chi connectivity index (χ2v) is 5.59. The molecule has 2 aromatic carbocycles. The highest BCUT2D eigenvalue weighted by Crippen LogP contribution is 2.24. The van der Waals surface area contributed by atoms with E-state index < -0.39 is 0 Å². The molecule has 0 aromatic heterocycles. The number of rotatable bonds is 5. The average Bonchev–Trinajstić information content (AvgIpc) is 2.48. The summed E-state index contributed by atoms with van der Waals surface area (Å²) in [5, 5.41) is 0.527. The quantitative estimate of drug-likeness (QED) is 0.697. The van der Waals surface area contributed by atoms with E-state index in [4.69, 9.17) is 16.3 Å². The molecule has 0 saturated heterocycles. The Kier molecular flexibility index (Phi) is 5.21. The fourth-order valence-electron chi connectivity index (χ4n) is 1.73. The standard InChI is InChI=1S/C16H14BrClO2/c1-2-9-20-13-6-3-11(4-7-13)16(19)12-5-8-14(17)15(18)10-12/h3-8,10H,2,9H2,1H3. The first-order valence-corrected chi connectivity index (χ1v) is 7.51. The first kappa shape index (κ1) is 15.1. The van der Waals surface area contributed by atoms with Crippen molar-refractivity contribution in [3.63, 3.8) is 0 Å². The molecule has 0 N–H and O–H groups in total. The first-order chi connectivity index (χ1) is 9.61. The third-order valence-corrected chi connectivity index (χ3v) is 4.00. The van der Waals surface area contributed by atoms with Gasteiger partial charge in [0.05, 0.1) is 11.6 Å². The smallest absolute Gasteiger partial charge is 0.193 e. The third-order valence-electron chi connectivity index (χ3n) is 2.77. The second-order valence-electron chi connectivity index (χ2n) is 4.33. The zero-order valence-corrected chi connectivity index (χ0v) is 13.4. The SMILES string of the molecule is CCCOc1ccc(C(=O)c2ccc(Br)c(Cl)c2)cc1. The van der Waals surface area contributed by atoms with Gasteiger partial charge in [-0.25, -0.2) is 0 Å². The minimum Gasteiger partial charge on any atom is -0.494 e. The van der Waals surface area contributed by atoms with Crippen molar-refractivity contribution >= 4 is 33.3 Å². The van der Waals surface area contributed by atoms with E-state index in [2.05, 4.69) is 22.9 Å². The number of ketones is 1. The van der Waals surface area contributed by atoms with Crippen LogP contribution in [0.3, 0.4) is 0 Å². The van der Waals surface area contributed by atoms with Crippen LogP contribution in [0.5, 0.6) is 5.75 Å². The molecular formula is C16H14BrClO2. The lowest BCUT2D eigenvalue weighted by atomic mass is 10.0. The maximum absolute atomic E-state index is 12.3. The van der Waals surface area contributed by atoms with E-state index in [0.29, 0.717) is 22.8 Å². The lowest BCUT2D eigenvalue weighted by Gasteiger charge is -2.06. The Morgan fingerprint density at radius 1 is 1.15 bits per heavy atom. The Hall–Kier alpha value is -1.32.